The molecule has 1 aromatic rings. The molecule has 0 saturated carbocycles. The first-order valence-electron chi connectivity index (χ1n) is 6.72. The minimum atomic E-state index is -0.966. The molecule has 1 heterocycles. The van der Waals surface area contributed by atoms with Crippen LogP contribution in [0.3, 0.4) is 0 Å². The molecule has 1 aromatic carbocycles. The topological polar surface area (TPSA) is 95.7 Å². The fourth-order valence-electron chi connectivity index (χ4n) is 2.52. The minimum Gasteiger partial charge on any atom is -0.389 e. The van der Waals surface area contributed by atoms with Gasteiger partial charge < -0.3 is 15.3 Å². The number of fused-ring (bicyclic) bond motifs is 1. The van der Waals surface area contributed by atoms with Gasteiger partial charge in [0.05, 0.1) is 16.2 Å². The molecule has 21 heavy (non-hydrogen) atoms. The Morgan fingerprint density at radius 1 is 1.43 bits per heavy atom. The average Bonchev–Trinajstić information content (AvgIpc) is 2.34. The number of nitrogens with one attached hydrogen (secondary N) is 1. The Balaban J connectivity index is 2.44. The van der Waals surface area contributed by atoms with Crippen LogP contribution in [0.15, 0.2) is 12.1 Å². The van der Waals surface area contributed by atoms with Crippen LogP contribution in [-0.2, 0) is 11.2 Å². The molecule has 7 heteroatoms. The van der Waals surface area contributed by atoms with E-state index in [0.29, 0.717) is 24.2 Å². The zero-order chi connectivity index (χ0) is 15.8. The summed E-state index contributed by atoms with van der Waals surface area (Å²) in [5.74, 6) is -0.130. The number of benzene rings is 1. The Bertz CT molecular complexity index is 593. The number of anilines is 2. The van der Waals surface area contributed by atoms with E-state index in [1.807, 2.05) is 0 Å². The van der Waals surface area contributed by atoms with Crippen molar-refractivity contribution < 1.29 is 14.8 Å². The van der Waals surface area contributed by atoms with Crippen LogP contribution in [0.4, 0.5) is 17.1 Å². The maximum Gasteiger partial charge on any atom is 0.294 e. The van der Waals surface area contributed by atoms with E-state index in [0.717, 1.165) is 5.56 Å². The van der Waals surface area contributed by atoms with E-state index in [4.69, 9.17) is 0 Å². The molecule has 0 unspecified atom stereocenters. The molecule has 0 aliphatic carbocycles. The van der Waals surface area contributed by atoms with E-state index in [1.165, 1.54) is 6.07 Å². The van der Waals surface area contributed by atoms with Crippen molar-refractivity contribution in [2.75, 3.05) is 23.8 Å². The van der Waals surface area contributed by atoms with Crippen LogP contribution in [0.25, 0.3) is 0 Å². The van der Waals surface area contributed by atoms with Gasteiger partial charge in [0, 0.05) is 26.1 Å². The number of nitro benzene ring substituents is 1. The van der Waals surface area contributed by atoms with Gasteiger partial charge in [-0.3, -0.25) is 14.9 Å². The van der Waals surface area contributed by atoms with Crippen molar-refractivity contribution in [1.82, 2.24) is 0 Å². The molecular weight excluding hydrogens is 274 g/mol. The second kappa shape index (κ2) is 5.33. The zero-order valence-corrected chi connectivity index (χ0v) is 12.3. The maximum absolute atomic E-state index is 11.4. The van der Waals surface area contributed by atoms with Gasteiger partial charge in [-0.05, 0) is 31.9 Å². The molecule has 1 aliphatic rings. The van der Waals surface area contributed by atoms with Crippen molar-refractivity contribution in [2.45, 2.75) is 32.3 Å². The first-order chi connectivity index (χ1) is 9.67. The number of amides is 1. The van der Waals surface area contributed by atoms with Crippen molar-refractivity contribution in [3.8, 4) is 0 Å². The second-order valence-corrected chi connectivity index (χ2v) is 5.97. The summed E-state index contributed by atoms with van der Waals surface area (Å²) in [5.41, 5.74) is 0.767. The third-order valence-corrected chi connectivity index (χ3v) is 3.33. The number of aryl methyl sites for hydroxylation is 1. The first-order valence-corrected chi connectivity index (χ1v) is 6.72. The summed E-state index contributed by atoms with van der Waals surface area (Å²) in [6.45, 7) is 3.56. The predicted octanol–water partition coefficient (Wildman–Crippen LogP) is 1.69. The fourth-order valence-corrected chi connectivity index (χ4v) is 2.52. The molecule has 0 fully saturated rings. The number of aliphatic hydroxyl groups is 1. The van der Waals surface area contributed by atoms with Crippen LogP contribution in [0, 0.1) is 10.1 Å². The lowest BCUT2D eigenvalue weighted by molar-refractivity contribution is -0.384. The van der Waals surface area contributed by atoms with Crippen LogP contribution in [0.2, 0.25) is 0 Å². The lowest BCUT2D eigenvalue weighted by Gasteiger charge is -2.28. The standard InChI is InChI=1S/C14H19N3O4/c1-14(2,19)8-16(3)11-6-9-4-5-13(18)15-10(9)7-12(11)17(20)21/h6-7,19H,4-5,8H2,1-3H3,(H,15,18). The van der Waals surface area contributed by atoms with Crippen molar-refractivity contribution in [1.29, 1.82) is 0 Å². The van der Waals surface area contributed by atoms with E-state index in [1.54, 1.807) is 31.9 Å². The Labute approximate surface area is 122 Å². The molecule has 0 bridgehead atoms. The number of rotatable bonds is 4. The molecule has 2 rings (SSSR count). The molecule has 1 aliphatic heterocycles. The number of carbonyl (C=O) groups is 1. The van der Waals surface area contributed by atoms with Gasteiger partial charge in [0.1, 0.15) is 5.69 Å². The normalized spacial score (nSPS) is 14.4. The van der Waals surface area contributed by atoms with Crippen LogP contribution in [0.1, 0.15) is 25.8 Å². The highest BCUT2D eigenvalue weighted by molar-refractivity contribution is 5.95. The van der Waals surface area contributed by atoms with Crippen LogP contribution in [-0.4, -0.2) is 35.1 Å². The van der Waals surface area contributed by atoms with Crippen molar-refractivity contribution in [2.24, 2.45) is 0 Å². The molecule has 1 amide bonds. The number of likely N-dealkylation sites (N-methyl/N-ethyl adjacent to an activating group) is 1. The Morgan fingerprint density at radius 3 is 2.67 bits per heavy atom. The highest BCUT2D eigenvalue weighted by Gasteiger charge is 2.26. The van der Waals surface area contributed by atoms with Crippen molar-refractivity contribution in [3.05, 3.63) is 27.8 Å². The monoisotopic (exact) mass is 293 g/mol. The van der Waals surface area contributed by atoms with Crippen LogP contribution in [0.5, 0.6) is 0 Å². The molecule has 0 radical (unpaired) electrons. The highest BCUT2D eigenvalue weighted by Crippen LogP contribution is 2.36. The molecule has 0 saturated heterocycles. The maximum atomic E-state index is 11.4. The summed E-state index contributed by atoms with van der Waals surface area (Å²) < 4.78 is 0. The summed E-state index contributed by atoms with van der Waals surface area (Å²) >= 11 is 0. The van der Waals surface area contributed by atoms with E-state index in [2.05, 4.69) is 5.32 Å². The van der Waals surface area contributed by atoms with E-state index < -0.39 is 10.5 Å². The van der Waals surface area contributed by atoms with E-state index >= 15 is 0 Å². The summed E-state index contributed by atoms with van der Waals surface area (Å²) in [6, 6.07) is 3.11. The second-order valence-electron chi connectivity index (χ2n) is 5.97. The van der Waals surface area contributed by atoms with Gasteiger partial charge in [0.2, 0.25) is 5.91 Å². The Kier molecular flexibility index (Phi) is 3.87. The largest absolute Gasteiger partial charge is 0.389 e. The number of hydrogen-bond acceptors (Lipinski definition) is 5. The Hall–Kier alpha value is -2.15. The third-order valence-electron chi connectivity index (χ3n) is 3.33. The predicted molar refractivity (Wildman–Crippen MR) is 79.6 cm³/mol. The molecular formula is C14H19N3O4. The summed E-state index contributed by atoms with van der Waals surface area (Å²) in [6.07, 6.45) is 0.933. The number of carbonyl (C=O) groups excluding carboxylic acids is 1. The third kappa shape index (κ3) is 3.49. The van der Waals surface area contributed by atoms with Gasteiger partial charge in [0.15, 0.2) is 0 Å². The molecule has 114 valence electrons. The first kappa shape index (κ1) is 15.2. The smallest absolute Gasteiger partial charge is 0.294 e. The molecule has 0 atom stereocenters. The highest BCUT2D eigenvalue weighted by atomic mass is 16.6. The quantitative estimate of drug-likeness (QED) is 0.650. The number of hydrogen-bond donors (Lipinski definition) is 2. The van der Waals surface area contributed by atoms with Gasteiger partial charge in [-0.2, -0.15) is 0 Å². The van der Waals surface area contributed by atoms with Gasteiger partial charge in [0.25, 0.3) is 5.69 Å². The molecule has 2 N–H and O–H groups in total. The zero-order valence-electron chi connectivity index (χ0n) is 12.3. The fraction of sp³-hybridized carbons (Fsp3) is 0.500. The van der Waals surface area contributed by atoms with Crippen molar-refractivity contribution >= 4 is 23.0 Å². The molecule has 0 spiro atoms. The number of nitrogens with zero attached hydrogens (tertiary/aromatic N) is 2. The summed E-state index contributed by atoms with van der Waals surface area (Å²) in [7, 11) is 1.70. The van der Waals surface area contributed by atoms with Gasteiger partial charge in [-0.15, -0.1) is 0 Å². The summed E-state index contributed by atoms with van der Waals surface area (Å²) in [4.78, 5) is 23.8. The molecule has 7 nitrogen and oxygen atoms in total. The average molecular weight is 293 g/mol. The van der Waals surface area contributed by atoms with E-state index in [9.17, 15) is 20.0 Å². The lowest BCUT2D eigenvalue weighted by atomic mass is 10.0. The Morgan fingerprint density at radius 2 is 2.10 bits per heavy atom. The summed E-state index contributed by atoms with van der Waals surface area (Å²) in [5, 5.41) is 23.8. The lowest BCUT2D eigenvalue weighted by Crippen LogP contribution is -2.36. The minimum absolute atomic E-state index is 0.0808. The number of nitro groups is 1. The van der Waals surface area contributed by atoms with Gasteiger partial charge in [-0.1, -0.05) is 0 Å². The molecule has 0 aromatic heterocycles. The van der Waals surface area contributed by atoms with Gasteiger partial charge >= 0.3 is 0 Å². The van der Waals surface area contributed by atoms with Crippen molar-refractivity contribution in [3.63, 3.8) is 0 Å². The van der Waals surface area contributed by atoms with Gasteiger partial charge in [-0.25, -0.2) is 0 Å². The van der Waals surface area contributed by atoms with Crippen LogP contribution < -0.4 is 10.2 Å². The van der Waals surface area contributed by atoms with Crippen LogP contribution >= 0.6 is 0 Å². The SMILES string of the molecule is CN(CC(C)(C)O)c1cc2c(cc1[N+](=O)[O-])NC(=O)CC2. The van der Waals surface area contributed by atoms with E-state index in [-0.39, 0.29) is 18.1 Å².